The van der Waals surface area contributed by atoms with Crippen LogP contribution < -0.4 is 11.1 Å². The molecule has 5 nitrogen and oxygen atoms in total. The van der Waals surface area contributed by atoms with Crippen LogP contribution in [0.5, 0.6) is 0 Å². The van der Waals surface area contributed by atoms with Crippen molar-refractivity contribution in [2.45, 2.75) is 38.1 Å². The molecule has 0 aliphatic heterocycles. The molecule has 1 aromatic carbocycles. The second-order valence-corrected chi connectivity index (χ2v) is 8.35. The fourth-order valence-electron chi connectivity index (χ4n) is 3.46. The highest BCUT2D eigenvalue weighted by Gasteiger charge is 2.38. The van der Waals surface area contributed by atoms with Crippen molar-refractivity contribution >= 4 is 40.1 Å². The molecule has 1 aliphatic rings. The van der Waals surface area contributed by atoms with E-state index in [4.69, 9.17) is 22.3 Å². The molecule has 1 heterocycles. The number of hydrogen-bond donors (Lipinski definition) is 2. The summed E-state index contributed by atoms with van der Waals surface area (Å²) in [6, 6.07) is 7.67. The highest BCUT2D eigenvalue weighted by atomic mass is 35.5. The predicted octanol–water partition coefficient (Wildman–Crippen LogP) is 4.96. The van der Waals surface area contributed by atoms with Crippen LogP contribution in [0.2, 0.25) is 5.02 Å². The van der Waals surface area contributed by atoms with Gasteiger partial charge in [0.25, 0.3) is 5.91 Å². The Balaban J connectivity index is 1.90. The Labute approximate surface area is 173 Å². The van der Waals surface area contributed by atoms with Crippen LogP contribution in [-0.2, 0) is 5.54 Å². The van der Waals surface area contributed by atoms with Crippen LogP contribution in [-0.4, -0.2) is 21.8 Å². The number of nitrogens with two attached hydrogens (primary N) is 1. The lowest BCUT2D eigenvalue weighted by molar-refractivity contribution is 0.102. The van der Waals surface area contributed by atoms with Gasteiger partial charge in [-0.3, -0.25) is 9.79 Å². The van der Waals surface area contributed by atoms with Crippen molar-refractivity contribution in [1.82, 2.24) is 4.98 Å². The van der Waals surface area contributed by atoms with Crippen LogP contribution in [0.3, 0.4) is 0 Å². The number of hydrogen-bond acceptors (Lipinski definition) is 4. The lowest BCUT2D eigenvalue weighted by Gasteiger charge is -2.26. The first-order valence-electron chi connectivity index (χ1n) is 9.14. The molecule has 1 amide bonds. The Kier molecular flexibility index (Phi) is 6.57. The van der Waals surface area contributed by atoms with E-state index in [1.807, 2.05) is 6.92 Å². The van der Waals surface area contributed by atoms with Gasteiger partial charge >= 0.3 is 0 Å². The van der Waals surface area contributed by atoms with E-state index >= 15 is 0 Å². The van der Waals surface area contributed by atoms with E-state index in [0.29, 0.717) is 21.4 Å². The average molecular weight is 421 g/mol. The standard InChI is InChI=1S/C20H22ClFN4OS/c1-2-28-19(23)26-20(9-3-4-10-20)15-11-14(6-7-16(15)22)25-18(27)17-8-5-13(21)12-24-17/h5-8,11-12H,2-4,9-10H2,1H3,(H2,23,26)(H,25,27). The van der Waals surface area contributed by atoms with Crippen LogP contribution >= 0.6 is 23.4 Å². The molecule has 0 saturated heterocycles. The number of amidine groups is 1. The van der Waals surface area contributed by atoms with E-state index < -0.39 is 5.54 Å². The largest absolute Gasteiger partial charge is 0.379 e. The third-order valence-corrected chi connectivity index (χ3v) is 5.63. The number of aliphatic imine (C=N–C) groups is 1. The molecule has 3 rings (SSSR count). The zero-order chi connectivity index (χ0) is 20.1. The second-order valence-electron chi connectivity index (χ2n) is 6.63. The van der Waals surface area contributed by atoms with Gasteiger partial charge < -0.3 is 11.1 Å². The summed E-state index contributed by atoms with van der Waals surface area (Å²) in [5.41, 5.74) is 6.54. The lowest BCUT2D eigenvalue weighted by atomic mass is 9.88. The molecule has 28 heavy (non-hydrogen) atoms. The number of pyridine rings is 1. The molecule has 0 spiro atoms. The third-order valence-electron chi connectivity index (χ3n) is 4.73. The number of nitrogens with one attached hydrogen (secondary N) is 1. The second kappa shape index (κ2) is 8.92. The molecule has 0 unspecified atom stereocenters. The fourth-order valence-corrected chi connectivity index (χ4v) is 4.10. The van der Waals surface area contributed by atoms with Gasteiger partial charge in [0.1, 0.15) is 11.5 Å². The minimum absolute atomic E-state index is 0.229. The quantitative estimate of drug-likeness (QED) is 0.529. The van der Waals surface area contributed by atoms with E-state index in [2.05, 4.69) is 10.3 Å². The van der Waals surface area contributed by atoms with Gasteiger partial charge in [-0.15, -0.1) is 0 Å². The summed E-state index contributed by atoms with van der Waals surface area (Å²) in [4.78, 5) is 21.1. The molecule has 1 fully saturated rings. The van der Waals surface area contributed by atoms with E-state index in [-0.39, 0.29) is 17.4 Å². The van der Waals surface area contributed by atoms with Crippen molar-refractivity contribution in [3.05, 3.63) is 58.6 Å². The summed E-state index contributed by atoms with van der Waals surface area (Å²) in [5.74, 6) is 0.0692. The number of amides is 1. The molecule has 1 aliphatic carbocycles. The number of nitrogens with zero attached hydrogens (tertiary/aromatic N) is 2. The molecule has 2 aromatic rings. The van der Waals surface area contributed by atoms with Crippen LogP contribution in [0.4, 0.5) is 10.1 Å². The highest BCUT2D eigenvalue weighted by molar-refractivity contribution is 8.13. The van der Waals surface area contributed by atoms with Gasteiger partial charge in [0.2, 0.25) is 0 Å². The zero-order valence-corrected chi connectivity index (χ0v) is 17.1. The number of halogens is 2. The van der Waals surface area contributed by atoms with Crippen LogP contribution in [0.15, 0.2) is 41.5 Å². The molecule has 0 bridgehead atoms. The van der Waals surface area contributed by atoms with Gasteiger partial charge in [-0.1, -0.05) is 43.1 Å². The van der Waals surface area contributed by atoms with Crippen molar-refractivity contribution in [2.24, 2.45) is 10.7 Å². The predicted molar refractivity (Wildman–Crippen MR) is 114 cm³/mol. The fraction of sp³-hybridized carbons (Fsp3) is 0.350. The van der Waals surface area contributed by atoms with Crippen molar-refractivity contribution in [2.75, 3.05) is 11.1 Å². The first-order valence-corrected chi connectivity index (χ1v) is 10.5. The van der Waals surface area contributed by atoms with Crippen LogP contribution in [0.1, 0.15) is 48.7 Å². The first kappa shape index (κ1) is 20.6. The maximum Gasteiger partial charge on any atom is 0.274 e. The monoisotopic (exact) mass is 420 g/mol. The van der Waals surface area contributed by atoms with Crippen LogP contribution in [0, 0.1) is 5.82 Å². The summed E-state index contributed by atoms with van der Waals surface area (Å²) < 4.78 is 14.8. The summed E-state index contributed by atoms with van der Waals surface area (Å²) in [6.45, 7) is 2.00. The Bertz CT molecular complexity index is 882. The number of anilines is 1. The SMILES string of the molecule is CCS/C(N)=N\C1(c2cc(NC(=O)c3ccc(Cl)cn3)ccc2F)CCCC1. The van der Waals surface area contributed by atoms with Gasteiger partial charge in [0.05, 0.1) is 10.6 Å². The maximum atomic E-state index is 14.8. The minimum Gasteiger partial charge on any atom is -0.379 e. The maximum absolute atomic E-state index is 14.8. The number of carbonyl (C=O) groups excluding carboxylic acids is 1. The zero-order valence-electron chi connectivity index (χ0n) is 15.5. The Hall–Kier alpha value is -2.12. The number of rotatable bonds is 5. The summed E-state index contributed by atoms with van der Waals surface area (Å²) >= 11 is 7.25. The van der Waals surface area contributed by atoms with Crippen molar-refractivity contribution < 1.29 is 9.18 Å². The van der Waals surface area contributed by atoms with E-state index in [0.717, 1.165) is 31.4 Å². The summed E-state index contributed by atoms with van der Waals surface area (Å²) in [6.07, 6.45) is 4.77. The van der Waals surface area contributed by atoms with Gasteiger partial charge in [0, 0.05) is 17.4 Å². The minimum atomic E-state index is -0.685. The molecule has 8 heteroatoms. The highest BCUT2D eigenvalue weighted by Crippen LogP contribution is 2.44. The van der Waals surface area contributed by atoms with Gasteiger partial charge in [-0.05, 0) is 48.9 Å². The van der Waals surface area contributed by atoms with E-state index in [9.17, 15) is 9.18 Å². The Morgan fingerprint density at radius 3 is 2.75 bits per heavy atom. The molecule has 148 valence electrons. The molecule has 0 radical (unpaired) electrons. The lowest BCUT2D eigenvalue weighted by Crippen LogP contribution is -2.25. The summed E-state index contributed by atoms with van der Waals surface area (Å²) in [7, 11) is 0. The average Bonchev–Trinajstić information content (AvgIpc) is 3.13. The van der Waals surface area contributed by atoms with Crippen molar-refractivity contribution in [3.8, 4) is 0 Å². The van der Waals surface area contributed by atoms with E-state index in [1.165, 1.54) is 36.2 Å². The Morgan fingerprint density at radius 1 is 1.36 bits per heavy atom. The number of aromatic nitrogens is 1. The number of benzene rings is 1. The van der Waals surface area contributed by atoms with Gasteiger partial charge in [0.15, 0.2) is 5.17 Å². The molecule has 3 N–H and O–H groups in total. The van der Waals surface area contributed by atoms with Crippen molar-refractivity contribution in [1.29, 1.82) is 0 Å². The topological polar surface area (TPSA) is 80.4 Å². The number of carbonyl (C=O) groups is 1. The van der Waals surface area contributed by atoms with Gasteiger partial charge in [-0.25, -0.2) is 9.37 Å². The molecule has 0 atom stereocenters. The van der Waals surface area contributed by atoms with Crippen molar-refractivity contribution in [3.63, 3.8) is 0 Å². The third kappa shape index (κ3) is 4.64. The smallest absolute Gasteiger partial charge is 0.274 e. The normalized spacial score (nSPS) is 16.2. The molecule has 1 aromatic heterocycles. The molecule has 1 saturated carbocycles. The van der Waals surface area contributed by atoms with E-state index in [1.54, 1.807) is 12.1 Å². The molecular formula is C20H22ClFN4OS. The van der Waals surface area contributed by atoms with Crippen LogP contribution in [0.25, 0.3) is 0 Å². The number of thioether (sulfide) groups is 1. The molecular weight excluding hydrogens is 399 g/mol. The Morgan fingerprint density at radius 2 is 2.11 bits per heavy atom. The first-order chi connectivity index (χ1) is 13.4. The summed E-state index contributed by atoms with van der Waals surface area (Å²) in [5, 5.41) is 3.68. The van der Waals surface area contributed by atoms with Gasteiger partial charge in [-0.2, -0.15) is 0 Å².